The molecule has 1 aliphatic rings. The minimum Gasteiger partial charge on any atom is -0.453 e. The number of aromatic nitrogens is 4. The maximum Gasteiger partial charge on any atom is 0.166 e. The number of hydrogen-bond donors (Lipinski definition) is 2. The first-order chi connectivity index (χ1) is 18.5. The van der Waals surface area contributed by atoms with Crippen molar-refractivity contribution in [3.8, 4) is 22.1 Å². The molecule has 0 atom stereocenters. The summed E-state index contributed by atoms with van der Waals surface area (Å²) in [5.41, 5.74) is 4.28. The number of carbonyl (C=O) groups is 1. The number of anilines is 1. The van der Waals surface area contributed by atoms with E-state index in [9.17, 15) is 9.18 Å². The smallest absolute Gasteiger partial charge is 0.166 e. The average Bonchev–Trinajstić information content (AvgIpc) is 3.44. The van der Waals surface area contributed by atoms with E-state index in [0.29, 0.717) is 30.2 Å². The molecule has 192 valence electrons. The number of aryl methyl sites for hydroxylation is 1. The highest BCUT2D eigenvalue weighted by atomic mass is 32.1. The Bertz CT molecular complexity index is 1610. The Morgan fingerprint density at radius 1 is 1.11 bits per heavy atom. The number of halogens is 1. The third-order valence-corrected chi connectivity index (χ3v) is 7.62. The summed E-state index contributed by atoms with van der Waals surface area (Å²) < 4.78 is 21.7. The lowest BCUT2D eigenvalue weighted by Gasteiger charge is -2.09. The van der Waals surface area contributed by atoms with Gasteiger partial charge in [0.25, 0.3) is 0 Å². The van der Waals surface area contributed by atoms with Crippen LogP contribution in [0.15, 0.2) is 60.9 Å². The Hall–Kier alpha value is -4.11. The van der Waals surface area contributed by atoms with Gasteiger partial charge in [0.05, 0.1) is 20.8 Å². The molecule has 0 bridgehead atoms. The molecule has 0 unspecified atom stereocenters. The Kier molecular flexibility index (Phi) is 6.59. The van der Waals surface area contributed by atoms with Gasteiger partial charge in [-0.15, -0.1) is 11.3 Å². The molecule has 6 rings (SSSR count). The first-order valence-corrected chi connectivity index (χ1v) is 13.4. The van der Waals surface area contributed by atoms with E-state index in [1.54, 1.807) is 24.4 Å². The zero-order valence-corrected chi connectivity index (χ0v) is 21.6. The summed E-state index contributed by atoms with van der Waals surface area (Å²) in [4.78, 5) is 22.2. The van der Waals surface area contributed by atoms with E-state index in [4.69, 9.17) is 4.74 Å². The van der Waals surface area contributed by atoms with Gasteiger partial charge < -0.3 is 10.1 Å². The van der Waals surface area contributed by atoms with Crippen LogP contribution in [0.1, 0.15) is 36.1 Å². The zero-order chi connectivity index (χ0) is 26.1. The monoisotopic (exact) mass is 527 g/mol. The van der Waals surface area contributed by atoms with Gasteiger partial charge in [-0.2, -0.15) is 5.10 Å². The quantitative estimate of drug-likeness (QED) is 0.206. The summed E-state index contributed by atoms with van der Waals surface area (Å²) in [6, 6.07) is 14.4. The summed E-state index contributed by atoms with van der Waals surface area (Å²) >= 11 is 1.50. The normalized spacial score (nSPS) is 13.1. The lowest BCUT2D eigenvalue weighted by Crippen LogP contribution is -2.04. The minimum absolute atomic E-state index is 0.118. The number of rotatable bonds is 10. The zero-order valence-electron chi connectivity index (χ0n) is 20.8. The fraction of sp³-hybridized carbons (Fsp3) is 0.241. The first kappa shape index (κ1) is 24.2. The van der Waals surface area contributed by atoms with Crippen LogP contribution in [-0.4, -0.2) is 25.9 Å². The van der Waals surface area contributed by atoms with E-state index in [1.165, 1.54) is 17.4 Å². The summed E-state index contributed by atoms with van der Waals surface area (Å²) in [7, 11) is 0. The van der Waals surface area contributed by atoms with Crippen molar-refractivity contribution in [1.29, 1.82) is 0 Å². The molecule has 0 radical (unpaired) electrons. The molecule has 7 nitrogen and oxygen atoms in total. The highest BCUT2D eigenvalue weighted by molar-refractivity contribution is 7.22. The van der Waals surface area contributed by atoms with E-state index in [1.807, 2.05) is 37.4 Å². The molecule has 1 saturated carbocycles. The van der Waals surface area contributed by atoms with Gasteiger partial charge in [-0.05, 0) is 61.1 Å². The van der Waals surface area contributed by atoms with Crippen molar-refractivity contribution in [3.63, 3.8) is 0 Å². The number of benzene rings is 1. The fourth-order valence-corrected chi connectivity index (χ4v) is 5.34. The minimum atomic E-state index is -0.487. The number of aromatic amines is 1. The van der Waals surface area contributed by atoms with Gasteiger partial charge in [-0.25, -0.2) is 4.39 Å². The average molecular weight is 528 g/mol. The van der Waals surface area contributed by atoms with Crippen molar-refractivity contribution in [3.05, 3.63) is 83.6 Å². The van der Waals surface area contributed by atoms with Crippen molar-refractivity contribution in [1.82, 2.24) is 20.2 Å². The SMILES string of the molecule is Cc1cc(NCc2ccc(-c3cc4nccc(Oc5ccc(CC(=O)CC6CC6)cc5F)c4s3)nc2)n[nH]1. The number of nitrogens with one attached hydrogen (secondary N) is 2. The molecular weight excluding hydrogens is 501 g/mol. The summed E-state index contributed by atoms with van der Waals surface area (Å²) in [6.45, 7) is 2.57. The lowest BCUT2D eigenvalue weighted by atomic mass is 10.0. The molecule has 1 aliphatic carbocycles. The van der Waals surface area contributed by atoms with Gasteiger partial charge >= 0.3 is 0 Å². The van der Waals surface area contributed by atoms with Gasteiger partial charge in [0.15, 0.2) is 11.6 Å². The maximum atomic E-state index is 14.9. The van der Waals surface area contributed by atoms with Crippen molar-refractivity contribution < 1.29 is 13.9 Å². The number of Topliss-reactive ketones (excluding diaryl/α,β-unsaturated/α-hetero) is 1. The second-order valence-corrected chi connectivity index (χ2v) is 10.8. The topological polar surface area (TPSA) is 92.8 Å². The molecule has 5 aromatic rings. The number of hydrogen-bond acceptors (Lipinski definition) is 7. The Balaban J connectivity index is 1.16. The number of ketones is 1. The Morgan fingerprint density at radius 3 is 2.71 bits per heavy atom. The Labute approximate surface area is 223 Å². The van der Waals surface area contributed by atoms with Crippen molar-refractivity contribution in [2.24, 2.45) is 5.92 Å². The molecule has 0 spiro atoms. The van der Waals surface area contributed by atoms with E-state index >= 15 is 0 Å². The van der Waals surface area contributed by atoms with Crippen molar-refractivity contribution in [2.75, 3.05) is 5.32 Å². The number of carbonyl (C=O) groups excluding carboxylic acids is 1. The number of H-pyrrole nitrogens is 1. The summed E-state index contributed by atoms with van der Waals surface area (Å²) in [5, 5.41) is 10.4. The molecule has 0 saturated heterocycles. The molecule has 9 heteroatoms. The molecule has 1 fully saturated rings. The highest BCUT2D eigenvalue weighted by Crippen LogP contribution is 2.39. The van der Waals surface area contributed by atoms with Gasteiger partial charge in [-0.3, -0.25) is 19.9 Å². The fourth-order valence-electron chi connectivity index (χ4n) is 4.30. The number of pyridine rings is 2. The second kappa shape index (κ2) is 10.3. The van der Waals surface area contributed by atoms with Gasteiger partial charge in [-0.1, -0.05) is 12.1 Å². The van der Waals surface area contributed by atoms with Gasteiger partial charge in [0.2, 0.25) is 0 Å². The lowest BCUT2D eigenvalue weighted by molar-refractivity contribution is -0.118. The third kappa shape index (κ3) is 5.57. The standard InChI is InChI=1S/C29H26FN5O2S/c1-17-10-28(35-34-17)33-16-20-4-6-23(32-15-20)27-14-24-29(38-27)26(8-9-31-24)37-25-7-5-19(13-22(25)30)12-21(36)11-18-2-3-18/h4-10,13-15,18H,2-3,11-12,16H2,1H3,(H2,33,34,35). The van der Waals surface area contributed by atoms with Crippen LogP contribution in [0.3, 0.4) is 0 Å². The third-order valence-electron chi connectivity index (χ3n) is 6.46. The predicted octanol–water partition coefficient (Wildman–Crippen LogP) is 6.85. The van der Waals surface area contributed by atoms with Gasteiger partial charge in [0, 0.05) is 49.6 Å². The first-order valence-electron chi connectivity index (χ1n) is 12.6. The number of ether oxygens (including phenoxy) is 1. The van der Waals surface area contributed by atoms with Crippen LogP contribution in [0.5, 0.6) is 11.5 Å². The number of thiophene rings is 1. The van der Waals surface area contributed by atoms with Crippen LogP contribution in [0.2, 0.25) is 0 Å². The molecule has 2 N–H and O–H groups in total. The van der Waals surface area contributed by atoms with Crippen LogP contribution < -0.4 is 10.1 Å². The predicted molar refractivity (Wildman–Crippen MR) is 146 cm³/mol. The van der Waals surface area contributed by atoms with E-state index in [0.717, 1.165) is 50.7 Å². The molecule has 0 amide bonds. The van der Waals surface area contributed by atoms with Crippen LogP contribution in [-0.2, 0) is 17.8 Å². The number of fused-ring (bicyclic) bond motifs is 1. The molecule has 0 aliphatic heterocycles. The highest BCUT2D eigenvalue weighted by Gasteiger charge is 2.24. The van der Waals surface area contributed by atoms with Crippen molar-refractivity contribution in [2.45, 2.75) is 39.2 Å². The maximum absolute atomic E-state index is 14.9. The Morgan fingerprint density at radius 2 is 1.97 bits per heavy atom. The molecule has 38 heavy (non-hydrogen) atoms. The summed E-state index contributed by atoms with van der Waals surface area (Å²) in [5.74, 6) is 1.64. The summed E-state index contributed by atoms with van der Waals surface area (Å²) in [6.07, 6.45) is 6.59. The van der Waals surface area contributed by atoms with Gasteiger partial charge in [0.1, 0.15) is 17.4 Å². The van der Waals surface area contributed by atoms with E-state index in [-0.39, 0.29) is 18.0 Å². The second-order valence-electron chi connectivity index (χ2n) is 9.71. The molecule has 4 aromatic heterocycles. The molecule has 4 heterocycles. The van der Waals surface area contributed by atoms with Crippen LogP contribution in [0.4, 0.5) is 10.2 Å². The molecule has 1 aromatic carbocycles. The molecular formula is C29H26FN5O2S. The van der Waals surface area contributed by atoms with E-state index in [2.05, 4.69) is 25.5 Å². The van der Waals surface area contributed by atoms with Crippen LogP contribution in [0, 0.1) is 18.7 Å². The largest absolute Gasteiger partial charge is 0.453 e. The van der Waals surface area contributed by atoms with Crippen LogP contribution in [0.25, 0.3) is 20.8 Å². The number of nitrogens with zero attached hydrogens (tertiary/aromatic N) is 3. The van der Waals surface area contributed by atoms with Crippen LogP contribution >= 0.6 is 11.3 Å². The van der Waals surface area contributed by atoms with E-state index < -0.39 is 5.82 Å². The van der Waals surface area contributed by atoms with Crippen molar-refractivity contribution >= 4 is 33.2 Å².